The molecule has 0 aromatic heterocycles. The highest BCUT2D eigenvalue weighted by Gasteiger charge is 2.33. The lowest BCUT2D eigenvalue weighted by Crippen LogP contribution is -2.24. The minimum Gasteiger partial charge on any atom is -0.289 e. The van der Waals surface area contributed by atoms with E-state index in [0.29, 0.717) is 28.7 Å². The zero-order chi connectivity index (χ0) is 12.9. The Bertz CT molecular complexity index is 641. The first-order chi connectivity index (χ1) is 8.58. The summed E-state index contributed by atoms with van der Waals surface area (Å²) >= 11 is 6.79. The molecule has 2 nitrogen and oxygen atoms in total. The van der Waals surface area contributed by atoms with Gasteiger partial charge in [-0.2, -0.15) is 0 Å². The number of benzene rings is 1. The van der Waals surface area contributed by atoms with Crippen LogP contribution in [0.15, 0.2) is 46.0 Å². The van der Waals surface area contributed by atoms with Crippen molar-refractivity contribution >= 4 is 43.4 Å². The van der Waals surface area contributed by atoms with Gasteiger partial charge in [-0.25, -0.2) is 0 Å². The van der Waals surface area contributed by atoms with Crippen LogP contribution in [0.2, 0.25) is 0 Å². The Morgan fingerprint density at radius 3 is 2.67 bits per heavy atom. The smallest absolute Gasteiger partial charge is 0.194 e. The van der Waals surface area contributed by atoms with Crippen molar-refractivity contribution in [1.82, 2.24) is 0 Å². The SMILES string of the molecule is O=C1C2=C(CC(Br)C=C2)C(=O)c2ccc(Br)cc21. The van der Waals surface area contributed by atoms with Crippen molar-refractivity contribution in [3.8, 4) is 0 Å². The number of ketones is 2. The maximum atomic E-state index is 12.4. The quantitative estimate of drug-likeness (QED) is 0.652. The van der Waals surface area contributed by atoms with Crippen LogP contribution < -0.4 is 0 Å². The van der Waals surface area contributed by atoms with E-state index in [-0.39, 0.29) is 16.4 Å². The lowest BCUT2D eigenvalue weighted by molar-refractivity contribution is 0.0974. The number of carbonyl (C=O) groups is 2. The van der Waals surface area contributed by atoms with E-state index < -0.39 is 0 Å². The van der Waals surface area contributed by atoms with Gasteiger partial charge in [-0.05, 0) is 24.6 Å². The summed E-state index contributed by atoms with van der Waals surface area (Å²) in [5.74, 6) is -0.0857. The highest BCUT2D eigenvalue weighted by molar-refractivity contribution is 9.10. The summed E-state index contributed by atoms with van der Waals surface area (Å²) in [6, 6.07) is 5.22. The third-order valence-electron chi connectivity index (χ3n) is 3.19. The van der Waals surface area contributed by atoms with Crippen LogP contribution in [0.4, 0.5) is 0 Å². The number of hydrogen-bond acceptors (Lipinski definition) is 2. The molecule has 0 saturated heterocycles. The summed E-state index contributed by atoms with van der Waals surface area (Å²) in [6.07, 6.45) is 4.24. The Balaban J connectivity index is 2.21. The molecule has 2 aliphatic carbocycles. The Labute approximate surface area is 121 Å². The molecule has 0 heterocycles. The molecule has 4 heteroatoms. The van der Waals surface area contributed by atoms with E-state index >= 15 is 0 Å². The maximum Gasteiger partial charge on any atom is 0.194 e. The van der Waals surface area contributed by atoms with Gasteiger partial charge in [0.2, 0.25) is 0 Å². The van der Waals surface area contributed by atoms with E-state index in [1.165, 1.54) is 0 Å². The van der Waals surface area contributed by atoms with Crippen LogP contribution in [0.3, 0.4) is 0 Å². The molecule has 1 atom stereocenters. The summed E-state index contributed by atoms with van der Waals surface area (Å²) in [5, 5.41) is 0. The summed E-state index contributed by atoms with van der Waals surface area (Å²) in [5.41, 5.74) is 2.17. The van der Waals surface area contributed by atoms with Crippen LogP contribution >= 0.6 is 31.9 Å². The molecule has 0 amide bonds. The zero-order valence-electron chi connectivity index (χ0n) is 9.24. The molecule has 1 unspecified atom stereocenters. The molecule has 90 valence electrons. The minimum absolute atomic E-state index is 0.0269. The molecule has 0 spiro atoms. The van der Waals surface area contributed by atoms with Gasteiger partial charge in [-0.15, -0.1) is 0 Å². The fourth-order valence-corrected chi connectivity index (χ4v) is 3.15. The normalized spacial score (nSPS) is 22.0. The van der Waals surface area contributed by atoms with Crippen molar-refractivity contribution < 1.29 is 9.59 Å². The molecular formula is C14H8Br2O2. The molecule has 0 radical (unpaired) electrons. The van der Waals surface area contributed by atoms with Gasteiger partial charge < -0.3 is 0 Å². The number of halogens is 2. The lowest BCUT2D eigenvalue weighted by atomic mass is 9.80. The second-order valence-electron chi connectivity index (χ2n) is 4.32. The van der Waals surface area contributed by atoms with Gasteiger partial charge >= 0.3 is 0 Å². The summed E-state index contributed by atoms with van der Waals surface area (Å²) < 4.78 is 0.810. The number of hydrogen-bond donors (Lipinski definition) is 0. The largest absolute Gasteiger partial charge is 0.289 e. The van der Waals surface area contributed by atoms with Gasteiger partial charge in [-0.3, -0.25) is 9.59 Å². The molecule has 0 N–H and O–H groups in total. The fraction of sp³-hybridized carbons (Fsp3) is 0.143. The number of Topliss-reactive ketones (excluding diaryl/α,β-unsaturated/α-hetero) is 2. The van der Waals surface area contributed by atoms with Crippen molar-refractivity contribution in [1.29, 1.82) is 0 Å². The van der Waals surface area contributed by atoms with Crippen molar-refractivity contribution in [3.63, 3.8) is 0 Å². The molecule has 1 aromatic carbocycles. The number of rotatable bonds is 0. The highest BCUT2D eigenvalue weighted by Crippen LogP contribution is 2.34. The Morgan fingerprint density at radius 1 is 1.11 bits per heavy atom. The molecule has 0 aliphatic heterocycles. The first-order valence-corrected chi connectivity index (χ1v) is 7.23. The fourth-order valence-electron chi connectivity index (χ4n) is 2.31. The van der Waals surface area contributed by atoms with Crippen LogP contribution in [0, 0.1) is 0 Å². The van der Waals surface area contributed by atoms with Crippen LogP contribution in [-0.2, 0) is 0 Å². The van der Waals surface area contributed by atoms with Crippen LogP contribution in [0.25, 0.3) is 0 Å². The van der Waals surface area contributed by atoms with E-state index in [9.17, 15) is 9.59 Å². The van der Waals surface area contributed by atoms with E-state index in [0.717, 1.165) is 4.47 Å². The van der Waals surface area contributed by atoms with Gasteiger partial charge in [0.15, 0.2) is 11.6 Å². The van der Waals surface area contributed by atoms with Gasteiger partial charge in [0, 0.05) is 31.6 Å². The topological polar surface area (TPSA) is 34.1 Å². The Hall–Kier alpha value is -1.00. The van der Waals surface area contributed by atoms with Crippen molar-refractivity contribution in [2.45, 2.75) is 11.2 Å². The van der Waals surface area contributed by atoms with Crippen molar-refractivity contribution in [3.05, 3.63) is 57.1 Å². The van der Waals surface area contributed by atoms with Crippen LogP contribution in [-0.4, -0.2) is 16.4 Å². The van der Waals surface area contributed by atoms with E-state index in [1.54, 1.807) is 24.3 Å². The van der Waals surface area contributed by atoms with Crippen molar-refractivity contribution in [2.24, 2.45) is 0 Å². The zero-order valence-corrected chi connectivity index (χ0v) is 12.4. The standard InChI is InChI=1S/C14H8Br2O2/c15-7-1-3-9-11(5-7)14(18)10-4-2-8(16)6-12(10)13(9)17/h1-5,8H,6H2. The molecule has 0 bridgehead atoms. The van der Waals surface area contributed by atoms with E-state index in [1.807, 2.05) is 6.08 Å². The number of carbonyl (C=O) groups excluding carboxylic acids is 2. The predicted molar refractivity (Wildman–Crippen MR) is 76.3 cm³/mol. The lowest BCUT2D eigenvalue weighted by Gasteiger charge is -2.23. The van der Waals surface area contributed by atoms with Gasteiger partial charge in [0.1, 0.15) is 0 Å². The summed E-state index contributed by atoms with van der Waals surface area (Å²) in [6.45, 7) is 0. The third-order valence-corrected chi connectivity index (χ3v) is 4.31. The summed E-state index contributed by atoms with van der Waals surface area (Å²) in [4.78, 5) is 24.9. The van der Waals surface area contributed by atoms with Gasteiger partial charge in [0.25, 0.3) is 0 Å². The second kappa shape index (κ2) is 4.28. The van der Waals surface area contributed by atoms with Crippen molar-refractivity contribution in [2.75, 3.05) is 0 Å². The highest BCUT2D eigenvalue weighted by atomic mass is 79.9. The molecule has 0 saturated carbocycles. The van der Waals surface area contributed by atoms with Gasteiger partial charge in [0.05, 0.1) is 0 Å². The number of allylic oxidation sites excluding steroid dienone is 4. The first kappa shape index (κ1) is 12.1. The molecule has 1 aromatic rings. The predicted octanol–water partition coefficient (Wildman–Crippen LogP) is 3.85. The molecule has 0 fully saturated rings. The maximum absolute atomic E-state index is 12.4. The summed E-state index contributed by atoms with van der Waals surface area (Å²) in [7, 11) is 0. The number of alkyl halides is 1. The molecule has 3 rings (SSSR count). The monoisotopic (exact) mass is 366 g/mol. The molecule has 2 aliphatic rings. The Morgan fingerprint density at radius 2 is 1.89 bits per heavy atom. The second-order valence-corrected chi connectivity index (χ2v) is 6.41. The molecule has 18 heavy (non-hydrogen) atoms. The minimum atomic E-state index is -0.0587. The average molecular weight is 368 g/mol. The third kappa shape index (κ3) is 1.75. The number of fused-ring (bicyclic) bond motifs is 1. The molecular weight excluding hydrogens is 360 g/mol. The van der Waals surface area contributed by atoms with Crippen LogP contribution in [0.1, 0.15) is 27.1 Å². The first-order valence-electron chi connectivity index (χ1n) is 5.52. The van der Waals surface area contributed by atoms with Gasteiger partial charge in [-0.1, -0.05) is 44.0 Å². The van der Waals surface area contributed by atoms with Crippen LogP contribution in [0.5, 0.6) is 0 Å². The Kier molecular flexibility index (Phi) is 2.87. The van der Waals surface area contributed by atoms with E-state index in [4.69, 9.17) is 0 Å². The average Bonchev–Trinajstić information content (AvgIpc) is 2.36. The van der Waals surface area contributed by atoms with E-state index in [2.05, 4.69) is 31.9 Å².